The number of hydrogen-bond donors (Lipinski definition) is 2. The van der Waals surface area contributed by atoms with E-state index in [4.69, 9.17) is 0 Å². The zero-order chi connectivity index (χ0) is 18.0. The second-order valence-electron chi connectivity index (χ2n) is 6.37. The maximum absolute atomic E-state index is 12.5. The van der Waals surface area contributed by atoms with Crippen LogP contribution in [0.1, 0.15) is 36.3 Å². The van der Waals surface area contributed by atoms with Gasteiger partial charge >= 0.3 is 29.6 Å². The predicted molar refractivity (Wildman–Crippen MR) is 86.1 cm³/mol. The van der Waals surface area contributed by atoms with Crippen LogP contribution in [-0.2, 0) is 20.9 Å². The van der Waals surface area contributed by atoms with Gasteiger partial charge in [0.2, 0.25) is 0 Å². The van der Waals surface area contributed by atoms with E-state index >= 15 is 0 Å². The summed E-state index contributed by atoms with van der Waals surface area (Å²) in [6.07, 6.45) is 2.59. The van der Waals surface area contributed by atoms with Gasteiger partial charge in [-0.3, -0.25) is 9.59 Å². The first-order valence-electron chi connectivity index (χ1n) is 8.24. The number of nitrogens with zero attached hydrogens (tertiary/aromatic N) is 1. The van der Waals surface area contributed by atoms with Gasteiger partial charge in [0.05, 0.1) is 12.5 Å². The van der Waals surface area contributed by atoms with Gasteiger partial charge in [0, 0.05) is 19.5 Å². The van der Waals surface area contributed by atoms with Gasteiger partial charge in [0.15, 0.2) is 0 Å². The van der Waals surface area contributed by atoms with E-state index in [2.05, 4.69) is 17.4 Å². The van der Waals surface area contributed by atoms with Crippen LogP contribution in [0.3, 0.4) is 0 Å². The molecule has 2 aliphatic rings. The number of carbonyl (C=O) groups is 3. The fourth-order valence-corrected chi connectivity index (χ4v) is 2.90. The molecule has 0 atom stereocenters. The number of carboxylic acid groups (broad SMARTS) is 1. The Balaban J connectivity index is 0.00000243. The zero-order valence-electron chi connectivity index (χ0n) is 14.7. The van der Waals surface area contributed by atoms with Gasteiger partial charge < -0.3 is 25.2 Å². The van der Waals surface area contributed by atoms with Crippen LogP contribution in [0.15, 0.2) is 35.6 Å². The number of carboxylic acids is 1. The molecule has 0 aromatic heterocycles. The van der Waals surface area contributed by atoms with E-state index in [1.807, 2.05) is 12.1 Å². The largest absolute Gasteiger partial charge is 1.00 e. The summed E-state index contributed by atoms with van der Waals surface area (Å²) in [4.78, 5) is 36.4. The molecule has 7 nitrogen and oxygen atoms in total. The van der Waals surface area contributed by atoms with E-state index in [1.165, 1.54) is 23.3 Å². The van der Waals surface area contributed by atoms with E-state index < -0.39 is 29.9 Å². The molecule has 0 saturated heterocycles. The molecule has 1 saturated carbocycles. The van der Waals surface area contributed by atoms with Crippen molar-refractivity contribution in [3.05, 3.63) is 46.7 Å². The molecule has 26 heavy (non-hydrogen) atoms. The Morgan fingerprint density at radius 2 is 1.88 bits per heavy atom. The molecule has 1 aliphatic heterocycles. The molecule has 1 heterocycles. The molecule has 0 radical (unpaired) electrons. The molecular weight excluding hydrogens is 347 g/mol. The third-order valence-electron chi connectivity index (χ3n) is 4.43. The number of rotatable bonds is 6. The van der Waals surface area contributed by atoms with Crippen molar-refractivity contribution in [1.29, 1.82) is 0 Å². The second-order valence-corrected chi connectivity index (χ2v) is 6.37. The summed E-state index contributed by atoms with van der Waals surface area (Å²) in [7, 11) is 0. The van der Waals surface area contributed by atoms with Crippen LogP contribution in [0, 0.1) is 0 Å². The topological polar surface area (TPSA) is 110 Å². The monoisotopic (exact) mass is 366 g/mol. The molecule has 8 heteroatoms. The van der Waals surface area contributed by atoms with E-state index in [1.54, 1.807) is 0 Å². The smallest absolute Gasteiger partial charge is 0.548 e. The average Bonchev–Trinajstić information content (AvgIpc) is 3.41. The summed E-state index contributed by atoms with van der Waals surface area (Å²) in [6.45, 7) is -0.0911. The Hall–Kier alpha value is -1.83. The fourth-order valence-electron chi connectivity index (χ4n) is 2.90. The Bertz CT molecular complexity index is 740. The molecule has 1 fully saturated rings. The number of amides is 2. The molecule has 0 spiro atoms. The number of nitrogens with one attached hydrogen (secondary N) is 1. The summed E-state index contributed by atoms with van der Waals surface area (Å²) in [5, 5.41) is 22.4. The van der Waals surface area contributed by atoms with Gasteiger partial charge in [0.1, 0.15) is 11.3 Å². The van der Waals surface area contributed by atoms with Gasteiger partial charge in [0.25, 0.3) is 11.8 Å². The average molecular weight is 366 g/mol. The molecular formula is C18H19N2NaO5. The summed E-state index contributed by atoms with van der Waals surface area (Å²) >= 11 is 0. The minimum atomic E-state index is -1.47. The van der Waals surface area contributed by atoms with Crippen LogP contribution in [0.25, 0.3) is 0 Å². The third-order valence-corrected chi connectivity index (χ3v) is 4.43. The van der Waals surface area contributed by atoms with E-state index in [9.17, 15) is 24.6 Å². The van der Waals surface area contributed by atoms with Gasteiger partial charge in [-0.1, -0.05) is 24.3 Å². The Morgan fingerprint density at radius 1 is 1.23 bits per heavy atom. The number of aliphatic carboxylic acids is 1. The summed E-state index contributed by atoms with van der Waals surface area (Å²) in [5.74, 6) is -2.64. The van der Waals surface area contributed by atoms with Crippen molar-refractivity contribution in [2.24, 2.45) is 0 Å². The zero-order valence-corrected chi connectivity index (χ0v) is 16.7. The molecule has 3 rings (SSSR count). The summed E-state index contributed by atoms with van der Waals surface area (Å²) in [5.41, 5.74) is 1.84. The molecule has 1 aliphatic carbocycles. The van der Waals surface area contributed by atoms with Gasteiger partial charge in [-0.15, -0.1) is 0 Å². The summed E-state index contributed by atoms with van der Waals surface area (Å²) < 4.78 is 0. The Kier molecular flexibility index (Phi) is 6.86. The third kappa shape index (κ3) is 4.87. The van der Waals surface area contributed by atoms with Gasteiger partial charge in [-0.05, 0) is 29.9 Å². The van der Waals surface area contributed by atoms with Crippen molar-refractivity contribution in [3.8, 4) is 0 Å². The van der Waals surface area contributed by atoms with Crippen LogP contribution in [-0.4, -0.2) is 40.9 Å². The molecule has 2 N–H and O–H groups in total. The maximum Gasteiger partial charge on any atom is 1.00 e. The SMILES string of the molecule is O=C([O-])CNC(=O)C1=C(O)CCN(Cc2ccc(C3CC3)cc2)C1=O.[Na+]. The van der Waals surface area contributed by atoms with Crippen molar-refractivity contribution < 1.29 is 54.2 Å². The fraction of sp³-hybridized carbons (Fsp3) is 0.389. The van der Waals surface area contributed by atoms with E-state index in [0.29, 0.717) is 19.0 Å². The number of hydrogen-bond acceptors (Lipinski definition) is 5. The predicted octanol–water partition coefficient (Wildman–Crippen LogP) is -3.02. The van der Waals surface area contributed by atoms with Crippen LogP contribution < -0.4 is 40.0 Å². The molecule has 0 unspecified atom stereocenters. The Morgan fingerprint density at radius 3 is 2.46 bits per heavy atom. The van der Waals surface area contributed by atoms with Gasteiger partial charge in [-0.25, -0.2) is 0 Å². The van der Waals surface area contributed by atoms with Crippen molar-refractivity contribution >= 4 is 17.8 Å². The standard InChI is InChI=1S/C18H20N2O5.Na/c21-14-7-8-20(18(25)16(14)17(24)19-9-15(22)23)10-11-1-3-12(4-2-11)13-5-6-13;/h1-4,13,21H,5-10H2,(H,19,24)(H,22,23);/q;+1/p-1. The van der Waals surface area contributed by atoms with Crippen molar-refractivity contribution in [2.75, 3.05) is 13.1 Å². The first-order chi connectivity index (χ1) is 12.0. The van der Waals surface area contributed by atoms with Crippen molar-refractivity contribution in [2.45, 2.75) is 31.7 Å². The van der Waals surface area contributed by atoms with E-state index in [0.717, 1.165) is 5.56 Å². The van der Waals surface area contributed by atoms with Crippen molar-refractivity contribution in [3.63, 3.8) is 0 Å². The van der Waals surface area contributed by atoms with Crippen LogP contribution in [0.4, 0.5) is 0 Å². The first-order valence-corrected chi connectivity index (χ1v) is 8.24. The maximum atomic E-state index is 12.5. The molecule has 1 aromatic carbocycles. The normalized spacial score (nSPS) is 16.9. The molecule has 2 amide bonds. The minimum absolute atomic E-state index is 0. The second kappa shape index (κ2) is 8.70. The van der Waals surface area contributed by atoms with Crippen LogP contribution >= 0.6 is 0 Å². The minimum Gasteiger partial charge on any atom is -0.548 e. The summed E-state index contributed by atoms with van der Waals surface area (Å²) in [6, 6.07) is 8.05. The van der Waals surface area contributed by atoms with E-state index in [-0.39, 0.29) is 41.7 Å². The molecule has 0 bridgehead atoms. The number of aliphatic hydroxyl groups is 1. The van der Waals surface area contributed by atoms with Crippen LogP contribution in [0.2, 0.25) is 0 Å². The number of carbonyl (C=O) groups excluding carboxylic acids is 3. The molecule has 1 aromatic rings. The molecule has 132 valence electrons. The first kappa shape index (κ1) is 20.5. The Labute approximate surface area is 173 Å². The quantitative estimate of drug-likeness (QED) is 0.411. The van der Waals surface area contributed by atoms with Crippen LogP contribution in [0.5, 0.6) is 0 Å². The number of benzene rings is 1. The number of aliphatic hydroxyl groups excluding tert-OH is 1. The van der Waals surface area contributed by atoms with Gasteiger partial charge in [-0.2, -0.15) is 0 Å². The van der Waals surface area contributed by atoms with Crippen molar-refractivity contribution in [1.82, 2.24) is 10.2 Å².